The Morgan fingerprint density at radius 2 is 2.04 bits per heavy atom. The summed E-state index contributed by atoms with van der Waals surface area (Å²) in [6, 6.07) is 13.7. The van der Waals surface area contributed by atoms with Crippen LogP contribution < -0.4 is 10.1 Å². The van der Waals surface area contributed by atoms with E-state index in [0.29, 0.717) is 0 Å². The molecule has 2 heterocycles. The molecule has 1 fully saturated rings. The average Bonchev–Trinajstić information content (AvgIpc) is 3.17. The van der Waals surface area contributed by atoms with Crippen LogP contribution in [0.4, 0.5) is 5.69 Å². The van der Waals surface area contributed by atoms with Crippen molar-refractivity contribution in [2.24, 2.45) is 5.92 Å². The molecule has 0 aliphatic carbocycles. The van der Waals surface area contributed by atoms with E-state index in [1.807, 2.05) is 41.3 Å². The molecular formula is C23H24N2O3. The Kier molecular flexibility index (Phi) is 4.97. The number of benzene rings is 2. The van der Waals surface area contributed by atoms with Gasteiger partial charge in [0.05, 0.1) is 25.8 Å². The predicted octanol–water partition coefficient (Wildman–Crippen LogP) is 2.79. The summed E-state index contributed by atoms with van der Waals surface area (Å²) in [6.07, 6.45) is 0.891. The molecule has 2 aliphatic heterocycles. The zero-order chi connectivity index (χ0) is 19.7. The van der Waals surface area contributed by atoms with E-state index in [0.717, 1.165) is 41.1 Å². The highest BCUT2D eigenvalue weighted by atomic mass is 16.5. The van der Waals surface area contributed by atoms with E-state index >= 15 is 0 Å². The van der Waals surface area contributed by atoms with Crippen LogP contribution in [0.1, 0.15) is 36.1 Å². The maximum absolute atomic E-state index is 12.2. The van der Waals surface area contributed by atoms with Crippen LogP contribution >= 0.6 is 0 Å². The average molecular weight is 376 g/mol. The summed E-state index contributed by atoms with van der Waals surface area (Å²) in [7, 11) is 1.64. The third-order valence-electron chi connectivity index (χ3n) is 5.69. The minimum absolute atomic E-state index is 0.00975. The van der Waals surface area contributed by atoms with Crippen molar-refractivity contribution >= 4 is 11.6 Å². The predicted molar refractivity (Wildman–Crippen MR) is 108 cm³/mol. The monoisotopic (exact) mass is 376 g/mol. The molecule has 3 atom stereocenters. The zero-order valence-corrected chi connectivity index (χ0v) is 16.1. The molecule has 0 spiro atoms. The van der Waals surface area contributed by atoms with Crippen molar-refractivity contribution in [3.8, 4) is 17.6 Å². The molecule has 0 radical (unpaired) electrons. The van der Waals surface area contributed by atoms with Gasteiger partial charge in [-0.25, -0.2) is 0 Å². The van der Waals surface area contributed by atoms with Gasteiger partial charge >= 0.3 is 0 Å². The van der Waals surface area contributed by atoms with E-state index < -0.39 is 0 Å². The Hall–Kier alpha value is -2.97. The molecule has 1 amide bonds. The molecule has 1 saturated heterocycles. The number of ether oxygens (including phenoxy) is 1. The molecule has 5 nitrogen and oxygen atoms in total. The van der Waals surface area contributed by atoms with Crippen molar-refractivity contribution in [2.75, 3.05) is 25.6 Å². The van der Waals surface area contributed by atoms with Gasteiger partial charge in [-0.15, -0.1) is 0 Å². The lowest BCUT2D eigenvalue weighted by Gasteiger charge is -2.39. The van der Waals surface area contributed by atoms with Crippen molar-refractivity contribution in [1.82, 2.24) is 4.90 Å². The highest BCUT2D eigenvalue weighted by Gasteiger charge is 2.44. The molecule has 144 valence electrons. The number of amides is 1. The molecule has 0 bridgehead atoms. The fourth-order valence-electron chi connectivity index (χ4n) is 4.34. The summed E-state index contributed by atoms with van der Waals surface area (Å²) in [5.74, 6) is 7.48. The van der Waals surface area contributed by atoms with E-state index in [-0.39, 0.29) is 30.5 Å². The van der Waals surface area contributed by atoms with E-state index in [4.69, 9.17) is 4.74 Å². The number of aliphatic hydroxyl groups is 1. The number of hydrogen-bond donors (Lipinski definition) is 2. The van der Waals surface area contributed by atoms with Crippen molar-refractivity contribution in [1.29, 1.82) is 0 Å². The molecule has 2 N–H and O–H groups in total. The maximum Gasteiger partial charge on any atom is 0.219 e. The largest absolute Gasteiger partial charge is 0.497 e. The number of fused-ring (bicyclic) bond motifs is 3. The third kappa shape index (κ3) is 3.32. The first-order chi connectivity index (χ1) is 13.6. The van der Waals surface area contributed by atoms with Gasteiger partial charge in [-0.3, -0.25) is 4.79 Å². The van der Waals surface area contributed by atoms with Crippen LogP contribution in [-0.4, -0.2) is 42.2 Å². The topological polar surface area (TPSA) is 61.8 Å². The minimum atomic E-state index is -0.0319. The van der Waals surface area contributed by atoms with E-state index in [1.165, 1.54) is 0 Å². The fourth-order valence-corrected chi connectivity index (χ4v) is 4.34. The molecule has 2 aliphatic rings. The van der Waals surface area contributed by atoms with E-state index in [1.54, 1.807) is 14.0 Å². The second kappa shape index (κ2) is 7.57. The summed E-state index contributed by atoms with van der Waals surface area (Å²) < 4.78 is 5.25. The number of carbonyl (C=O) groups is 1. The van der Waals surface area contributed by atoms with Gasteiger partial charge in [0.25, 0.3) is 0 Å². The summed E-state index contributed by atoms with van der Waals surface area (Å²) >= 11 is 0. The Bertz CT molecular complexity index is 960. The van der Waals surface area contributed by atoms with Crippen LogP contribution in [0.2, 0.25) is 0 Å². The molecular weight excluding hydrogens is 352 g/mol. The Morgan fingerprint density at radius 1 is 1.25 bits per heavy atom. The standard InChI is InChI=1S/C23H24N2O3/c1-15(27)25-11-10-19-22(14-26)24-21-9-8-17(13-20(21)23(19)25)7-6-16-4-3-5-18(12-16)28-2/h3-5,8-9,12-13,19,22-24,26H,10-11,14H2,1-2H3/t19-,22+,23-/m0/s1. The molecule has 4 rings (SSSR count). The summed E-state index contributed by atoms with van der Waals surface area (Å²) in [5, 5.41) is 13.2. The number of anilines is 1. The van der Waals surface area contributed by atoms with Gasteiger partial charge in [0.1, 0.15) is 5.75 Å². The van der Waals surface area contributed by atoms with Gasteiger partial charge in [-0.1, -0.05) is 17.9 Å². The molecule has 28 heavy (non-hydrogen) atoms. The first-order valence-corrected chi connectivity index (χ1v) is 9.55. The van der Waals surface area contributed by atoms with Gasteiger partial charge in [0.2, 0.25) is 5.91 Å². The van der Waals surface area contributed by atoms with Crippen LogP contribution in [0.3, 0.4) is 0 Å². The lowest BCUT2D eigenvalue weighted by Crippen LogP contribution is -2.42. The Morgan fingerprint density at radius 3 is 2.75 bits per heavy atom. The Balaban J connectivity index is 1.70. The number of carbonyl (C=O) groups excluding carboxylic acids is 1. The summed E-state index contributed by atoms with van der Waals surface area (Å²) in [5.41, 5.74) is 3.85. The number of rotatable bonds is 2. The number of nitrogens with zero attached hydrogens (tertiary/aromatic N) is 1. The highest BCUT2D eigenvalue weighted by molar-refractivity contribution is 5.75. The molecule has 0 unspecified atom stereocenters. The maximum atomic E-state index is 12.2. The van der Waals surface area contributed by atoms with Crippen LogP contribution in [-0.2, 0) is 4.79 Å². The lowest BCUT2D eigenvalue weighted by molar-refractivity contribution is -0.130. The van der Waals surface area contributed by atoms with Crippen molar-refractivity contribution in [3.05, 3.63) is 59.2 Å². The summed E-state index contributed by atoms with van der Waals surface area (Å²) in [4.78, 5) is 14.1. The third-order valence-corrected chi connectivity index (χ3v) is 5.69. The van der Waals surface area contributed by atoms with Crippen molar-refractivity contribution in [2.45, 2.75) is 25.4 Å². The zero-order valence-electron chi connectivity index (χ0n) is 16.1. The van der Waals surface area contributed by atoms with Gasteiger partial charge in [-0.05, 0) is 48.4 Å². The normalized spacial score (nSPS) is 22.4. The fraction of sp³-hybridized carbons (Fsp3) is 0.348. The lowest BCUT2D eigenvalue weighted by atomic mass is 9.82. The van der Waals surface area contributed by atoms with Crippen LogP contribution in [0.15, 0.2) is 42.5 Å². The molecule has 2 aromatic rings. The first kappa shape index (κ1) is 18.4. The van der Waals surface area contributed by atoms with Crippen molar-refractivity contribution in [3.63, 3.8) is 0 Å². The Labute approximate surface area is 165 Å². The quantitative estimate of drug-likeness (QED) is 0.792. The first-order valence-electron chi connectivity index (χ1n) is 9.55. The van der Waals surface area contributed by atoms with E-state index in [2.05, 4.69) is 23.2 Å². The number of hydrogen-bond acceptors (Lipinski definition) is 4. The molecule has 0 saturated carbocycles. The van der Waals surface area contributed by atoms with Gasteiger partial charge in [-0.2, -0.15) is 0 Å². The van der Waals surface area contributed by atoms with Gasteiger partial charge < -0.3 is 20.1 Å². The van der Waals surface area contributed by atoms with Gasteiger partial charge in [0, 0.05) is 36.2 Å². The molecule has 5 heteroatoms. The van der Waals surface area contributed by atoms with Crippen LogP contribution in [0, 0.1) is 17.8 Å². The van der Waals surface area contributed by atoms with Gasteiger partial charge in [0.15, 0.2) is 0 Å². The van der Waals surface area contributed by atoms with Crippen LogP contribution in [0.25, 0.3) is 0 Å². The van der Waals surface area contributed by atoms with E-state index in [9.17, 15) is 9.90 Å². The second-order valence-corrected chi connectivity index (χ2v) is 7.33. The summed E-state index contributed by atoms with van der Waals surface area (Å²) in [6.45, 7) is 2.40. The smallest absolute Gasteiger partial charge is 0.219 e. The number of aliphatic hydroxyl groups excluding tert-OH is 1. The number of likely N-dealkylation sites (tertiary alicyclic amines) is 1. The van der Waals surface area contributed by atoms with Crippen LogP contribution in [0.5, 0.6) is 5.75 Å². The SMILES string of the molecule is COc1cccc(C#Cc2ccc3c(c2)[C@@H]2[C@@H](CCN2C(C)=O)[C@@H](CO)N3)c1. The molecule has 0 aromatic heterocycles. The highest BCUT2D eigenvalue weighted by Crippen LogP contribution is 2.46. The van der Waals surface area contributed by atoms with Crippen molar-refractivity contribution < 1.29 is 14.6 Å². The minimum Gasteiger partial charge on any atom is -0.497 e. The molecule has 2 aromatic carbocycles. The number of methoxy groups -OCH3 is 1. The number of nitrogens with one attached hydrogen (secondary N) is 1. The second-order valence-electron chi connectivity index (χ2n) is 7.33.